The maximum Gasteiger partial charge on any atom is 0.231 e. The molecule has 4 heteroatoms. The molecular weight excluding hydrogens is 302 g/mol. The zero-order valence-electron chi connectivity index (χ0n) is 13.1. The average Bonchev–Trinajstić information content (AvgIpc) is 3.08. The Bertz CT molecular complexity index is 862. The lowest BCUT2D eigenvalue weighted by molar-refractivity contribution is 0.174. The van der Waals surface area contributed by atoms with Crippen molar-refractivity contribution in [1.29, 1.82) is 0 Å². The number of nitrogen functional groups attached to an aromatic ring is 1. The standard InChI is InChI=1S/C20H17NO3/c21-17-8-16(15-6-7-19-20(10-15)24-13-23-19)9-18(11-17)22-12-14-4-2-1-3-5-14/h1-11H,12-13,21H2. The van der Waals surface area contributed by atoms with Crippen molar-refractivity contribution in [3.63, 3.8) is 0 Å². The summed E-state index contributed by atoms with van der Waals surface area (Å²) in [6.45, 7) is 0.770. The van der Waals surface area contributed by atoms with E-state index >= 15 is 0 Å². The van der Waals surface area contributed by atoms with E-state index in [4.69, 9.17) is 19.9 Å². The third kappa shape index (κ3) is 2.99. The molecule has 2 N–H and O–H groups in total. The first-order valence-electron chi connectivity index (χ1n) is 7.75. The fourth-order valence-corrected chi connectivity index (χ4v) is 2.69. The lowest BCUT2D eigenvalue weighted by Crippen LogP contribution is -1.96. The summed E-state index contributed by atoms with van der Waals surface area (Å²) >= 11 is 0. The molecule has 0 radical (unpaired) electrons. The van der Waals surface area contributed by atoms with E-state index in [1.54, 1.807) is 0 Å². The molecule has 0 amide bonds. The minimum Gasteiger partial charge on any atom is -0.489 e. The number of hydrogen-bond acceptors (Lipinski definition) is 4. The van der Waals surface area contributed by atoms with Crippen molar-refractivity contribution < 1.29 is 14.2 Å². The molecule has 3 aromatic rings. The first-order valence-corrected chi connectivity index (χ1v) is 7.75. The van der Waals surface area contributed by atoms with Gasteiger partial charge in [-0.05, 0) is 41.0 Å². The predicted octanol–water partition coefficient (Wildman–Crippen LogP) is 4.24. The van der Waals surface area contributed by atoms with E-state index in [2.05, 4.69) is 0 Å². The Morgan fingerprint density at radius 1 is 0.833 bits per heavy atom. The van der Waals surface area contributed by atoms with Gasteiger partial charge < -0.3 is 19.9 Å². The summed E-state index contributed by atoms with van der Waals surface area (Å²) < 4.78 is 16.7. The second-order valence-electron chi connectivity index (χ2n) is 5.63. The highest BCUT2D eigenvalue weighted by Gasteiger charge is 2.14. The Balaban J connectivity index is 1.59. The average molecular weight is 319 g/mol. The number of anilines is 1. The third-order valence-corrected chi connectivity index (χ3v) is 3.88. The van der Waals surface area contributed by atoms with E-state index in [1.807, 2.05) is 66.7 Å². The molecule has 0 bridgehead atoms. The smallest absolute Gasteiger partial charge is 0.231 e. The molecular formula is C20H17NO3. The highest BCUT2D eigenvalue weighted by atomic mass is 16.7. The van der Waals surface area contributed by atoms with Crippen molar-refractivity contribution in [3.05, 3.63) is 72.3 Å². The summed E-state index contributed by atoms with van der Waals surface area (Å²) in [6, 6.07) is 21.6. The van der Waals surface area contributed by atoms with Crippen LogP contribution in [0.5, 0.6) is 17.2 Å². The number of fused-ring (bicyclic) bond motifs is 1. The van der Waals surface area contributed by atoms with E-state index < -0.39 is 0 Å². The molecule has 4 nitrogen and oxygen atoms in total. The molecule has 0 saturated heterocycles. The largest absolute Gasteiger partial charge is 0.489 e. The van der Waals surface area contributed by atoms with Gasteiger partial charge in [-0.15, -0.1) is 0 Å². The Labute approximate surface area is 140 Å². The van der Waals surface area contributed by atoms with Gasteiger partial charge in [-0.3, -0.25) is 0 Å². The fraction of sp³-hybridized carbons (Fsp3) is 0.100. The van der Waals surface area contributed by atoms with E-state index in [0.717, 1.165) is 33.9 Å². The van der Waals surface area contributed by atoms with E-state index in [9.17, 15) is 0 Å². The minimum absolute atomic E-state index is 0.265. The van der Waals surface area contributed by atoms with Gasteiger partial charge in [0.25, 0.3) is 0 Å². The highest BCUT2D eigenvalue weighted by Crippen LogP contribution is 2.37. The van der Waals surface area contributed by atoms with Crippen LogP contribution in [-0.2, 0) is 6.61 Å². The molecule has 0 atom stereocenters. The molecule has 1 aliphatic heterocycles. The molecule has 1 heterocycles. The number of ether oxygens (including phenoxy) is 3. The molecule has 0 saturated carbocycles. The molecule has 0 unspecified atom stereocenters. The summed E-state index contributed by atoms with van der Waals surface area (Å²) in [5.74, 6) is 2.26. The topological polar surface area (TPSA) is 53.7 Å². The summed E-state index contributed by atoms with van der Waals surface area (Å²) in [5, 5.41) is 0. The van der Waals surface area contributed by atoms with Crippen LogP contribution in [-0.4, -0.2) is 6.79 Å². The van der Waals surface area contributed by atoms with Crippen molar-refractivity contribution in [3.8, 4) is 28.4 Å². The number of benzene rings is 3. The van der Waals surface area contributed by atoms with Crippen LogP contribution in [0.1, 0.15) is 5.56 Å². The third-order valence-electron chi connectivity index (χ3n) is 3.88. The van der Waals surface area contributed by atoms with Crippen LogP contribution in [0.3, 0.4) is 0 Å². The first-order chi connectivity index (χ1) is 11.8. The van der Waals surface area contributed by atoms with Crippen molar-refractivity contribution in [2.45, 2.75) is 6.61 Å². The Kier molecular flexibility index (Phi) is 3.71. The number of hydrogen-bond donors (Lipinski definition) is 1. The molecule has 1 aliphatic rings. The summed E-state index contributed by atoms with van der Waals surface area (Å²) in [4.78, 5) is 0. The number of nitrogens with two attached hydrogens (primary N) is 1. The van der Waals surface area contributed by atoms with Crippen molar-refractivity contribution >= 4 is 5.69 Å². The van der Waals surface area contributed by atoms with Crippen LogP contribution in [0, 0.1) is 0 Å². The zero-order valence-corrected chi connectivity index (χ0v) is 13.1. The van der Waals surface area contributed by atoms with Crippen LogP contribution < -0.4 is 19.9 Å². The van der Waals surface area contributed by atoms with Crippen LogP contribution >= 0.6 is 0 Å². The number of rotatable bonds is 4. The molecule has 24 heavy (non-hydrogen) atoms. The Morgan fingerprint density at radius 2 is 1.67 bits per heavy atom. The zero-order chi connectivity index (χ0) is 16.4. The lowest BCUT2D eigenvalue weighted by Gasteiger charge is -2.10. The molecule has 120 valence electrons. The highest BCUT2D eigenvalue weighted by molar-refractivity contribution is 5.72. The molecule has 4 rings (SSSR count). The minimum atomic E-state index is 0.265. The predicted molar refractivity (Wildman–Crippen MR) is 93.2 cm³/mol. The molecule has 0 aromatic heterocycles. The van der Waals surface area contributed by atoms with Crippen molar-refractivity contribution in [2.24, 2.45) is 0 Å². The van der Waals surface area contributed by atoms with Gasteiger partial charge in [-0.1, -0.05) is 36.4 Å². The van der Waals surface area contributed by atoms with Gasteiger partial charge in [0.15, 0.2) is 11.5 Å². The molecule has 0 spiro atoms. The quantitative estimate of drug-likeness (QED) is 0.731. The first kappa shape index (κ1) is 14.5. The van der Waals surface area contributed by atoms with Crippen LogP contribution in [0.25, 0.3) is 11.1 Å². The van der Waals surface area contributed by atoms with Crippen LogP contribution in [0.15, 0.2) is 66.7 Å². The monoisotopic (exact) mass is 319 g/mol. The van der Waals surface area contributed by atoms with E-state index in [0.29, 0.717) is 12.3 Å². The Hall–Kier alpha value is -3.14. The van der Waals surface area contributed by atoms with E-state index in [-0.39, 0.29) is 6.79 Å². The van der Waals surface area contributed by atoms with Crippen molar-refractivity contribution in [1.82, 2.24) is 0 Å². The normalized spacial score (nSPS) is 12.2. The van der Waals surface area contributed by atoms with Crippen LogP contribution in [0.2, 0.25) is 0 Å². The molecule has 0 fully saturated rings. The molecule has 0 aliphatic carbocycles. The second kappa shape index (κ2) is 6.16. The summed E-state index contributed by atoms with van der Waals surface area (Å²) in [7, 11) is 0. The maximum atomic E-state index is 6.04. The van der Waals surface area contributed by atoms with Gasteiger partial charge in [-0.25, -0.2) is 0 Å². The van der Waals surface area contributed by atoms with Crippen LogP contribution in [0.4, 0.5) is 5.69 Å². The van der Waals surface area contributed by atoms with Gasteiger partial charge in [0.2, 0.25) is 6.79 Å². The van der Waals surface area contributed by atoms with Gasteiger partial charge >= 0.3 is 0 Å². The van der Waals surface area contributed by atoms with Gasteiger partial charge in [0, 0.05) is 11.8 Å². The Morgan fingerprint density at radius 3 is 2.54 bits per heavy atom. The molecule has 3 aromatic carbocycles. The van der Waals surface area contributed by atoms with Gasteiger partial charge in [-0.2, -0.15) is 0 Å². The lowest BCUT2D eigenvalue weighted by atomic mass is 10.0. The summed E-state index contributed by atoms with van der Waals surface area (Å²) in [5.41, 5.74) is 9.81. The summed E-state index contributed by atoms with van der Waals surface area (Å²) in [6.07, 6.45) is 0. The van der Waals surface area contributed by atoms with Gasteiger partial charge in [0.05, 0.1) is 0 Å². The maximum absolute atomic E-state index is 6.04. The van der Waals surface area contributed by atoms with Gasteiger partial charge in [0.1, 0.15) is 12.4 Å². The second-order valence-corrected chi connectivity index (χ2v) is 5.63. The van der Waals surface area contributed by atoms with Crippen molar-refractivity contribution in [2.75, 3.05) is 12.5 Å². The fourth-order valence-electron chi connectivity index (χ4n) is 2.69. The van der Waals surface area contributed by atoms with E-state index in [1.165, 1.54) is 0 Å². The SMILES string of the molecule is Nc1cc(OCc2ccccc2)cc(-c2ccc3c(c2)OCO3)c1.